The maximum atomic E-state index is 11.2. The van der Waals surface area contributed by atoms with Gasteiger partial charge in [-0.2, -0.15) is 0 Å². The lowest BCUT2D eigenvalue weighted by molar-refractivity contribution is -0.385. The number of hydrogen-bond acceptors (Lipinski definition) is 5. The molecule has 0 bridgehead atoms. The van der Waals surface area contributed by atoms with Crippen LogP contribution in [0.3, 0.4) is 0 Å². The first-order chi connectivity index (χ1) is 7.77. The molecule has 0 heterocycles. The number of nitro benzene ring substituents is 1. The van der Waals surface area contributed by atoms with Gasteiger partial charge >= 0.3 is 0 Å². The van der Waals surface area contributed by atoms with Gasteiger partial charge in [-0.25, -0.2) is 8.42 Å². The van der Waals surface area contributed by atoms with Crippen LogP contribution in [-0.4, -0.2) is 19.9 Å². The molecule has 0 fully saturated rings. The molecule has 0 radical (unpaired) electrons. The molecular weight excluding hydrogens is 270 g/mol. The van der Waals surface area contributed by atoms with Crippen LogP contribution < -0.4 is 4.74 Å². The van der Waals surface area contributed by atoms with Gasteiger partial charge in [-0.15, -0.1) is 0 Å². The fourth-order valence-corrected chi connectivity index (χ4v) is 2.05. The first-order valence-electron chi connectivity index (χ1n) is 4.64. The van der Waals surface area contributed by atoms with E-state index in [1.54, 1.807) is 6.92 Å². The van der Waals surface area contributed by atoms with Crippen molar-refractivity contribution in [3.8, 4) is 5.75 Å². The molecule has 1 aromatic rings. The van der Waals surface area contributed by atoms with Gasteiger partial charge < -0.3 is 4.74 Å². The molecule has 17 heavy (non-hydrogen) atoms. The van der Waals surface area contributed by atoms with Gasteiger partial charge in [0, 0.05) is 22.8 Å². The lowest BCUT2D eigenvalue weighted by Crippen LogP contribution is -2.01. The predicted molar refractivity (Wildman–Crippen MR) is 62.0 cm³/mol. The maximum Gasteiger partial charge on any atom is 0.277 e. The predicted octanol–water partition coefficient (Wildman–Crippen LogP) is 2.23. The lowest BCUT2D eigenvalue weighted by atomic mass is 10.2. The van der Waals surface area contributed by atoms with E-state index in [9.17, 15) is 18.5 Å². The molecular formula is C9H10ClNO5S. The van der Waals surface area contributed by atoms with Gasteiger partial charge in [-0.05, 0) is 13.8 Å². The standard InChI is InChI=1S/C9H10ClNO5S/c1-3-16-9-5-7(17(10,14)15)4-8(6(9)2)11(12)13/h4-5H,3H2,1-2H3. The quantitative estimate of drug-likeness (QED) is 0.479. The molecule has 0 aliphatic heterocycles. The third-order valence-corrected chi connectivity index (χ3v) is 3.42. The molecule has 0 aliphatic carbocycles. The number of rotatable bonds is 4. The summed E-state index contributed by atoms with van der Waals surface area (Å²) in [7, 11) is 1.13. The van der Waals surface area contributed by atoms with Gasteiger partial charge in [0.2, 0.25) is 0 Å². The van der Waals surface area contributed by atoms with Crippen LogP contribution in [0.15, 0.2) is 17.0 Å². The molecule has 0 saturated heterocycles. The summed E-state index contributed by atoms with van der Waals surface area (Å²) in [5, 5.41) is 10.8. The molecule has 0 spiro atoms. The van der Waals surface area contributed by atoms with E-state index in [1.807, 2.05) is 0 Å². The van der Waals surface area contributed by atoms with Crippen LogP contribution in [0.5, 0.6) is 5.75 Å². The smallest absolute Gasteiger partial charge is 0.277 e. The first-order valence-corrected chi connectivity index (χ1v) is 6.94. The SMILES string of the molecule is CCOc1cc(S(=O)(=O)Cl)cc([N+](=O)[O-])c1C. The molecule has 0 aromatic heterocycles. The summed E-state index contributed by atoms with van der Waals surface area (Å²) in [6.07, 6.45) is 0. The van der Waals surface area contributed by atoms with Gasteiger partial charge in [0.15, 0.2) is 0 Å². The minimum absolute atomic E-state index is 0.140. The van der Waals surface area contributed by atoms with E-state index in [1.165, 1.54) is 13.0 Å². The highest BCUT2D eigenvalue weighted by atomic mass is 35.7. The minimum atomic E-state index is -4.03. The summed E-state index contributed by atoms with van der Waals surface area (Å²) in [5.41, 5.74) is -0.0731. The van der Waals surface area contributed by atoms with E-state index in [2.05, 4.69) is 0 Å². The Morgan fingerprint density at radius 2 is 2.06 bits per heavy atom. The van der Waals surface area contributed by atoms with Gasteiger partial charge in [0.1, 0.15) is 5.75 Å². The van der Waals surface area contributed by atoms with Crippen molar-refractivity contribution < 1.29 is 18.1 Å². The van der Waals surface area contributed by atoms with Gasteiger partial charge in [0.25, 0.3) is 14.7 Å². The summed E-state index contributed by atoms with van der Waals surface area (Å²) in [4.78, 5) is 9.75. The van der Waals surface area contributed by atoms with Gasteiger partial charge in [-0.1, -0.05) is 0 Å². The number of halogens is 1. The maximum absolute atomic E-state index is 11.2. The molecule has 94 valence electrons. The van der Waals surface area contributed by atoms with Crippen molar-refractivity contribution in [2.45, 2.75) is 18.7 Å². The van der Waals surface area contributed by atoms with Crippen LogP contribution in [-0.2, 0) is 9.05 Å². The highest BCUT2D eigenvalue weighted by Crippen LogP contribution is 2.32. The Hall–Kier alpha value is -1.34. The average molecular weight is 280 g/mol. The van der Waals surface area contributed by atoms with Crippen LogP contribution >= 0.6 is 10.7 Å². The van der Waals surface area contributed by atoms with E-state index >= 15 is 0 Å². The van der Waals surface area contributed by atoms with Crippen molar-refractivity contribution in [1.29, 1.82) is 0 Å². The van der Waals surface area contributed by atoms with Crippen LogP contribution in [0.1, 0.15) is 12.5 Å². The third kappa shape index (κ3) is 3.07. The van der Waals surface area contributed by atoms with Crippen molar-refractivity contribution in [3.05, 3.63) is 27.8 Å². The molecule has 1 aromatic carbocycles. The molecule has 8 heteroatoms. The van der Waals surface area contributed by atoms with Crippen LogP contribution in [0.4, 0.5) is 5.69 Å². The van der Waals surface area contributed by atoms with Crippen LogP contribution in [0.2, 0.25) is 0 Å². The van der Waals surface area contributed by atoms with E-state index < -0.39 is 14.0 Å². The van der Waals surface area contributed by atoms with Crippen molar-refractivity contribution in [2.75, 3.05) is 6.61 Å². The largest absolute Gasteiger partial charge is 0.493 e. The van der Waals surface area contributed by atoms with Crippen molar-refractivity contribution in [3.63, 3.8) is 0 Å². The molecule has 0 saturated carbocycles. The minimum Gasteiger partial charge on any atom is -0.493 e. The van der Waals surface area contributed by atoms with E-state index in [0.29, 0.717) is 0 Å². The highest BCUT2D eigenvalue weighted by Gasteiger charge is 2.22. The topological polar surface area (TPSA) is 86.5 Å². The number of nitrogens with zero attached hydrogens (tertiary/aromatic N) is 1. The second kappa shape index (κ2) is 4.89. The Bertz CT molecular complexity index is 555. The van der Waals surface area contributed by atoms with Crippen LogP contribution in [0.25, 0.3) is 0 Å². The fraction of sp³-hybridized carbons (Fsp3) is 0.333. The monoisotopic (exact) mass is 279 g/mol. The fourth-order valence-electron chi connectivity index (χ4n) is 1.28. The first kappa shape index (κ1) is 13.7. The van der Waals surface area contributed by atoms with Crippen molar-refractivity contribution in [1.82, 2.24) is 0 Å². The zero-order valence-corrected chi connectivity index (χ0v) is 10.7. The summed E-state index contributed by atoms with van der Waals surface area (Å²) >= 11 is 0. The zero-order chi connectivity index (χ0) is 13.2. The summed E-state index contributed by atoms with van der Waals surface area (Å²) in [5.74, 6) is 0.140. The van der Waals surface area contributed by atoms with Crippen LogP contribution in [0, 0.1) is 17.0 Å². The molecule has 0 aliphatic rings. The number of benzene rings is 1. The van der Waals surface area contributed by atoms with Gasteiger partial charge in [-0.3, -0.25) is 10.1 Å². The summed E-state index contributed by atoms with van der Waals surface area (Å²) in [6.45, 7) is 3.44. The molecule has 0 N–H and O–H groups in total. The lowest BCUT2D eigenvalue weighted by Gasteiger charge is -2.08. The average Bonchev–Trinajstić information content (AvgIpc) is 2.19. The number of hydrogen-bond donors (Lipinski definition) is 0. The molecule has 0 amide bonds. The van der Waals surface area contributed by atoms with E-state index in [0.717, 1.165) is 6.07 Å². The molecule has 0 atom stereocenters. The second-order valence-corrected chi connectivity index (χ2v) is 5.76. The zero-order valence-electron chi connectivity index (χ0n) is 9.14. The Balaban J connectivity index is 3.53. The van der Waals surface area contributed by atoms with Gasteiger partial charge in [0.05, 0.1) is 22.0 Å². The summed E-state index contributed by atoms with van der Waals surface area (Å²) < 4.78 is 27.5. The van der Waals surface area contributed by atoms with Crippen molar-refractivity contribution in [2.24, 2.45) is 0 Å². The number of ether oxygens (including phenoxy) is 1. The Kier molecular flexibility index (Phi) is 3.94. The molecule has 0 unspecified atom stereocenters. The Labute approximate surface area is 103 Å². The Morgan fingerprint density at radius 1 is 1.47 bits per heavy atom. The normalized spacial score (nSPS) is 11.2. The summed E-state index contributed by atoms with van der Waals surface area (Å²) in [6, 6.07) is 2.09. The highest BCUT2D eigenvalue weighted by molar-refractivity contribution is 8.13. The Morgan fingerprint density at radius 3 is 2.47 bits per heavy atom. The van der Waals surface area contributed by atoms with Crippen molar-refractivity contribution >= 4 is 25.4 Å². The molecule has 6 nitrogen and oxygen atoms in total. The molecule has 1 rings (SSSR count). The van der Waals surface area contributed by atoms with E-state index in [4.69, 9.17) is 15.4 Å². The van der Waals surface area contributed by atoms with E-state index in [-0.39, 0.29) is 28.5 Å². The second-order valence-electron chi connectivity index (χ2n) is 3.19. The number of nitro groups is 1. The third-order valence-electron chi connectivity index (χ3n) is 2.08.